The predicted octanol–water partition coefficient (Wildman–Crippen LogP) is 1.77. The van der Waals surface area contributed by atoms with Crippen molar-refractivity contribution in [2.75, 3.05) is 31.2 Å². The summed E-state index contributed by atoms with van der Waals surface area (Å²) in [7, 11) is 0. The molecular formula is C16H15N5O. The molecule has 0 radical (unpaired) electrons. The van der Waals surface area contributed by atoms with Crippen LogP contribution in [0.25, 0.3) is 11.6 Å². The van der Waals surface area contributed by atoms with Gasteiger partial charge in [-0.2, -0.15) is 5.26 Å². The fraction of sp³-hybridized carbons (Fsp3) is 0.250. The summed E-state index contributed by atoms with van der Waals surface area (Å²) in [5, 5.41) is 9.28. The number of aromatic nitrogens is 3. The number of nitrogens with zero attached hydrogens (tertiary/aromatic N) is 5. The molecule has 2 aromatic rings. The number of rotatable bonds is 3. The number of morpholine rings is 1. The molecule has 1 aliphatic heterocycles. The standard InChI is InChI=1S/C16H15N5O/c17-10-14(15-3-1-2-4-18-15)9-13-11-19-16(20-12-13)21-5-7-22-8-6-21/h1-4,9,11-12H,5-8H2. The largest absolute Gasteiger partial charge is 0.378 e. The summed E-state index contributed by atoms with van der Waals surface area (Å²) >= 11 is 0. The second kappa shape index (κ2) is 6.78. The van der Waals surface area contributed by atoms with Gasteiger partial charge in [0.15, 0.2) is 0 Å². The van der Waals surface area contributed by atoms with Crippen LogP contribution >= 0.6 is 0 Å². The maximum atomic E-state index is 9.28. The van der Waals surface area contributed by atoms with E-state index in [1.165, 1.54) is 0 Å². The third-order valence-electron chi connectivity index (χ3n) is 3.32. The average Bonchev–Trinajstić information content (AvgIpc) is 2.62. The molecule has 3 rings (SSSR count). The minimum atomic E-state index is 0.489. The lowest BCUT2D eigenvalue weighted by Gasteiger charge is -2.26. The molecule has 1 saturated heterocycles. The molecule has 0 N–H and O–H groups in total. The molecule has 6 heteroatoms. The van der Waals surface area contributed by atoms with Gasteiger partial charge in [-0.05, 0) is 18.2 Å². The van der Waals surface area contributed by atoms with Gasteiger partial charge < -0.3 is 9.64 Å². The predicted molar refractivity (Wildman–Crippen MR) is 82.8 cm³/mol. The zero-order valence-electron chi connectivity index (χ0n) is 12.0. The molecule has 1 fully saturated rings. The van der Waals surface area contributed by atoms with Crippen molar-refractivity contribution >= 4 is 17.6 Å². The van der Waals surface area contributed by atoms with E-state index in [-0.39, 0.29) is 0 Å². The second-order valence-electron chi connectivity index (χ2n) is 4.80. The van der Waals surface area contributed by atoms with Crippen LogP contribution in [0.4, 0.5) is 5.95 Å². The number of hydrogen-bond acceptors (Lipinski definition) is 6. The Balaban J connectivity index is 1.80. The Morgan fingerprint density at radius 1 is 1.18 bits per heavy atom. The number of nitriles is 1. The third-order valence-corrected chi connectivity index (χ3v) is 3.32. The average molecular weight is 293 g/mol. The van der Waals surface area contributed by atoms with E-state index in [2.05, 4.69) is 25.9 Å². The first-order valence-corrected chi connectivity index (χ1v) is 7.05. The molecule has 0 bridgehead atoms. The highest BCUT2D eigenvalue weighted by Crippen LogP contribution is 2.16. The molecule has 0 amide bonds. The molecule has 0 unspecified atom stereocenters. The van der Waals surface area contributed by atoms with Crippen LogP contribution in [-0.2, 0) is 4.74 Å². The highest BCUT2D eigenvalue weighted by Gasteiger charge is 2.13. The molecule has 0 aromatic carbocycles. The van der Waals surface area contributed by atoms with Gasteiger partial charge >= 0.3 is 0 Å². The topological polar surface area (TPSA) is 74.9 Å². The van der Waals surface area contributed by atoms with Crippen molar-refractivity contribution < 1.29 is 4.74 Å². The number of ether oxygens (including phenoxy) is 1. The van der Waals surface area contributed by atoms with Crippen molar-refractivity contribution in [3.05, 3.63) is 48.0 Å². The van der Waals surface area contributed by atoms with Gasteiger partial charge in [-0.25, -0.2) is 9.97 Å². The van der Waals surface area contributed by atoms with Crippen molar-refractivity contribution in [3.63, 3.8) is 0 Å². The Bertz CT molecular complexity index is 685. The molecule has 110 valence electrons. The van der Waals surface area contributed by atoms with Gasteiger partial charge in [0, 0.05) is 37.2 Å². The van der Waals surface area contributed by atoms with E-state index in [1.807, 2.05) is 12.1 Å². The smallest absolute Gasteiger partial charge is 0.225 e. The molecule has 3 heterocycles. The Morgan fingerprint density at radius 3 is 2.59 bits per heavy atom. The van der Waals surface area contributed by atoms with Gasteiger partial charge in [0.2, 0.25) is 5.95 Å². The number of pyridine rings is 1. The lowest BCUT2D eigenvalue weighted by atomic mass is 10.1. The summed E-state index contributed by atoms with van der Waals surface area (Å²) in [6.45, 7) is 2.99. The minimum absolute atomic E-state index is 0.489. The molecular weight excluding hydrogens is 278 g/mol. The Labute approximate surface area is 128 Å². The van der Waals surface area contributed by atoms with Crippen molar-refractivity contribution in [2.24, 2.45) is 0 Å². The van der Waals surface area contributed by atoms with E-state index in [4.69, 9.17) is 4.74 Å². The Kier molecular flexibility index (Phi) is 4.37. The number of anilines is 1. The van der Waals surface area contributed by atoms with E-state index in [0.29, 0.717) is 30.4 Å². The highest BCUT2D eigenvalue weighted by atomic mass is 16.5. The quantitative estimate of drug-likeness (QED) is 0.803. The van der Waals surface area contributed by atoms with Crippen molar-refractivity contribution in [1.29, 1.82) is 5.26 Å². The van der Waals surface area contributed by atoms with E-state index in [0.717, 1.165) is 18.7 Å². The van der Waals surface area contributed by atoms with E-state index < -0.39 is 0 Å². The van der Waals surface area contributed by atoms with Gasteiger partial charge in [0.25, 0.3) is 0 Å². The maximum Gasteiger partial charge on any atom is 0.225 e. The number of allylic oxidation sites excluding steroid dienone is 1. The summed E-state index contributed by atoms with van der Waals surface area (Å²) in [4.78, 5) is 15.0. The normalized spacial score (nSPS) is 15.4. The Morgan fingerprint density at radius 2 is 1.95 bits per heavy atom. The lowest BCUT2D eigenvalue weighted by Crippen LogP contribution is -2.37. The summed E-state index contributed by atoms with van der Waals surface area (Å²) in [5.41, 5.74) is 1.91. The van der Waals surface area contributed by atoms with Gasteiger partial charge in [0.05, 0.1) is 24.5 Å². The molecule has 0 atom stereocenters. The molecule has 6 nitrogen and oxygen atoms in total. The van der Waals surface area contributed by atoms with Gasteiger partial charge in [-0.1, -0.05) is 6.07 Å². The maximum absolute atomic E-state index is 9.28. The fourth-order valence-corrected chi connectivity index (χ4v) is 2.18. The lowest BCUT2D eigenvalue weighted by molar-refractivity contribution is 0.122. The van der Waals surface area contributed by atoms with E-state index >= 15 is 0 Å². The monoisotopic (exact) mass is 293 g/mol. The Hall–Kier alpha value is -2.78. The van der Waals surface area contributed by atoms with Crippen molar-refractivity contribution in [3.8, 4) is 6.07 Å². The first-order chi connectivity index (χ1) is 10.9. The second-order valence-corrected chi connectivity index (χ2v) is 4.80. The highest BCUT2D eigenvalue weighted by molar-refractivity contribution is 5.87. The van der Waals surface area contributed by atoms with Crippen LogP contribution in [0.2, 0.25) is 0 Å². The first kappa shape index (κ1) is 14.2. The third kappa shape index (κ3) is 3.27. The van der Waals surface area contributed by atoms with Crippen LogP contribution in [0.1, 0.15) is 11.3 Å². The number of hydrogen-bond donors (Lipinski definition) is 0. The van der Waals surface area contributed by atoms with Crippen molar-refractivity contribution in [1.82, 2.24) is 15.0 Å². The summed E-state index contributed by atoms with van der Waals surface area (Å²) in [6.07, 6.45) is 6.85. The molecule has 0 spiro atoms. The summed E-state index contributed by atoms with van der Waals surface area (Å²) in [5.74, 6) is 0.691. The van der Waals surface area contributed by atoms with Crippen molar-refractivity contribution in [2.45, 2.75) is 0 Å². The molecule has 1 aliphatic rings. The van der Waals surface area contributed by atoms with E-state index in [1.54, 1.807) is 30.7 Å². The summed E-state index contributed by atoms with van der Waals surface area (Å²) in [6, 6.07) is 7.64. The van der Waals surface area contributed by atoms with Gasteiger partial charge in [0.1, 0.15) is 6.07 Å². The van der Waals surface area contributed by atoms with Crippen LogP contribution in [0.3, 0.4) is 0 Å². The fourth-order valence-electron chi connectivity index (χ4n) is 2.18. The minimum Gasteiger partial charge on any atom is -0.378 e. The first-order valence-electron chi connectivity index (χ1n) is 7.05. The van der Waals surface area contributed by atoms with Crippen LogP contribution < -0.4 is 4.90 Å². The van der Waals surface area contributed by atoms with Gasteiger partial charge in [-0.15, -0.1) is 0 Å². The van der Waals surface area contributed by atoms with E-state index in [9.17, 15) is 5.26 Å². The molecule has 2 aromatic heterocycles. The zero-order valence-corrected chi connectivity index (χ0v) is 12.0. The van der Waals surface area contributed by atoms with Crippen LogP contribution in [0.5, 0.6) is 0 Å². The SMILES string of the molecule is N#CC(=Cc1cnc(N2CCOCC2)nc1)c1ccccn1. The van der Waals surface area contributed by atoms with Crippen LogP contribution in [-0.4, -0.2) is 41.3 Å². The molecule has 22 heavy (non-hydrogen) atoms. The summed E-state index contributed by atoms with van der Waals surface area (Å²) < 4.78 is 5.31. The molecule has 0 aliphatic carbocycles. The zero-order chi connectivity index (χ0) is 15.2. The van der Waals surface area contributed by atoms with Gasteiger partial charge in [-0.3, -0.25) is 4.98 Å². The molecule has 0 saturated carbocycles. The van der Waals surface area contributed by atoms with Crippen LogP contribution in [0, 0.1) is 11.3 Å². The van der Waals surface area contributed by atoms with Crippen LogP contribution in [0.15, 0.2) is 36.8 Å².